The molecule has 3 heterocycles. The average molecular weight is 858 g/mol. The summed E-state index contributed by atoms with van der Waals surface area (Å²) >= 11 is 0. The largest absolute Gasteiger partial charge is 0.494 e. The number of carbonyl (C=O) groups excluding carboxylic acids is 2. The molecule has 1 amide bonds. The molecule has 0 saturated carbocycles. The molecule has 2 aliphatic rings. The number of hydrogen-bond acceptors (Lipinski definition) is 10. The molecular formula is C51H59N3O9. The van der Waals surface area contributed by atoms with Crippen molar-refractivity contribution < 1.29 is 42.9 Å². The van der Waals surface area contributed by atoms with Gasteiger partial charge in [-0.1, -0.05) is 117 Å². The van der Waals surface area contributed by atoms with Crippen molar-refractivity contribution in [1.29, 1.82) is 0 Å². The minimum absolute atomic E-state index is 0.000321. The lowest BCUT2D eigenvalue weighted by Crippen LogP contribution is -2.30. The third-order valence-electron chi connectivity index (χ3n) is 10.9. The molecule has 1 aromatic heterocycles. The summed E-state index contributed by atoms with van der Waals surface area (Å²) in [4.78, 5) is 46.9. The van der Waals surface area contributed by atoms with Crippen molar-refractivity contribution in [3.63, 3.8) is 0 Å². The summed E-state index contributed by atoms with van der Waals surface area (Å²) in [5, 5.41) is 9.46. The number of likely N-dealkylation sites (tertiary alicyclic amines) is 1. The summed E-state index contributed by atoms with van der Waals surface area (Å²) in [5.74, 6) is 1.80. The Morgan fingerprint density at radius 3 is 2.16 bits per heavy atom. The first kappa shape index (κ1) is 46.1. The van der Waals surface area contributed by atoms with Gasteiger partial charge in [-0.05, 0) is 60.1 Å². The van der Waals surface area contributed by atoms with Crippen molar-refractivity contribution in [3.05, 3.63) is 155 Å². The van der Waals surface area contributed by atoms with E-state index in [0.29, 0.717) is 58.1 Å². The molecule has 2 unspecified atom stereocenters. The van der Waals surface area contributed by atoms with Gasteiger partial charge in [0.05, 0.1) is 44.4 Å². The van der Waals surface area contributed by atoms with Gasteiger partial charge >= 0.3 is 18.0 Å². The molecule has 0 bridgehead atoms. The number of oxazole rings is 1. The van der Waals surface area contributed by atoms with Crippen molar-refractivity contribution in [1.82, 2.24) is 9.88 Å². The van der Waals surface area contributed by atoms with Crippen LogP contribution in [0.5, 0.6) is 5.75 Å². The zero-order valence-electron chi connectivity index (χ0n) is 36.7. The number of aryl methyl sites for hydroxylation is 1. The number of carbonyl (C=O) groups is 3. The summed E-state index contributed by atoms with van der Waals surface area (Å²) in [6.07, 6.45) is 2.53. The van der Waals surface area contributed by atoms with E-state index in [1.807, 2.05) is 131 Å². The molecule has 1 N–H and O–H groups in total. The highest BCUT2D eigenvalue weighted by Crippen LogP contribution is 2.36. The quantitative estimate of drug-likeness (QED) is 0.0846. The van der Waals surface area contributed by atoms with Crippen LogP contribution < -0.4 is 4.74 Å². The molecule has 63 heavy (non-hydrogen) atoms. The van der Waals surface area contributed by atoms with E-state index in [1.165, 1.54) is 5.56 Å². The Kier molecular flexibility index (Phi) is 16.9. The lowest BCUT2D eigenvalue weighted by molar-refractivity contribution is -0.142. The van der Waals surface area contributed by atoms with Gasteiger partial charge in [0.2, 0.25) is 0 Å². The highest BCUT2D eigenvalue weighted by Gasteiger charge is 2.38. The molecule has 5 aromatic rings. The van der Waals surface area contributed by atoms with Crippen molar-refractivity contribution in [3.8, 4) is 5.75 Å². The fourth-order valence-corrected chi connectivity index (χ4v) is 7.70. The number of aliphatic imine (C=N–C) groups is 1. The molecule has 12 heteroatoms. The zero-order chi connectivity index (χ0) is 44.6. The first-order valence-electron chi connectivity index (χ1n) is 21.8. The molecular weight excluding hydrogens is 799 g/mol. The zero-order valence-corrected chi connectivity index (χ0v) is 36.7. The molecule has 1 saturated heterocycles. The number of rotatable bonds is 18. The van der Waals surface area contributed by atoms with Crippen LogP contribution in [0.1, 0.15) is 79.1 Å². The molecule has 0 radical (unpaired) electrons. The Labute approximate surface area is 370 Å². The van der Waals surface area contributed by atoms with Gasteiger partial charge in [-0.15, -0.1) is 0 Å². The number of carboxylic acids is 1. The van der Waals surface area contributed by atoms with Crippen LogP contribution >= 0.6 is 0 Å². The van der Waals surface area contributed by atoms with Crippen LogP contribution in [0.15, 0.2) is 125 Å². The van der Waals surface area contributed by atoms with E-state index < -0.39 is 5.97 Å². The Bertz CT molecular complexity index is 2240. The van der Waals surface area contributed by atoms with Crippen molar-refractivity contribution in [2.75, 3.05) is 32.9 Å². The average Bonchev–Trinajstić information content (AvgIpc) is 3.96. The number of amides is 1. The Hall–Kier alpha value is -6.43. The molecule has 7 rings (SSSR count). The molecule has 1 fully saturated rings. The van der Waals surface area contributed by atoms with E-state index in [2.05, 4.69) is 17.1 Å². The molecule has 4 aromatic carbocycles. The van der Waals surface area contributed by atoms with Gasteiger partial charge in [0.1, 0.15) is 17.6 Å². The maximum Gasteiger partial charge on any atom is 0.409 e. The fourth-order valence-electron chi connectivity index (χ4n) is 7.70. The Balaban J connectivity index is 0.000000228. The lowest BCUT2D eigenvalue weighted by atomic mass is 9.87. The summed E-state index contributed by atoms with van der Waals surface area (Å²) in [6.45, 7) is 9.82. The smallest absolute Gasteiger partial charge is 0.409 e. The third kappa shape index (κ3) is 14.6. The molecule has 0 spiro atoms. The highest BCUT2D eigenvalue weighted by molar-refractivity contribution is 5.80. The normalized spacial score (nSPS) is 17.9. The van der Waals surface area contributed by atoms with Crippen LogP contribution in [-0.2, 0) is 49.5 Å². The number of ether oxygens (including phenoxy) is 4. The summed E-state index contributed by atoms with van der Waals surface area (Å²) in [7, 11) is 0. The van der Waals surface area contributed by atoms with Crippen LogP contribution in [0.3, 0.4) is 0 Å². The van der Waals surface area contributed by atoms with E-state index in [-0.39, 0.29) is 54.8 Å². The standard InChI is InChI=1S/C30H38N2O6.C21H21NO3/c1-20(2)19-37-30(35)32-17-24(16-29(33)34)26(18-32)23-10-7-11-25(15-23)36-13-12-27-21(3)38-28(31-27)14-22-8-5-4-6-9-22;1-16-19(22-20(25-16)14-17-8-4-2-5-9-17)12-13-24-21(23)15-18-10-6-3-7-11-18/h4-11,15,20-21,24,26-27H,12-14,16-19H2,1-3H3,(H,33,34);2-11H,12-15H2,1H3/t21?,24-,26-,27?;/m0./s1. The summed E-state index contributed by atoms with van der Waals surface area (Å²) in [5.41, 5.74) is 5.10. The van der Waals surface area contributed by atoms with Gasteiger partial charge in [-0.25, -0.2) is 14.8 Å². The van der Waals surface area contributed by atoms with Crippen LogP contribution in [0.25, 0.3) is 0 Å². The highest BCUT2D eigenvalue weighted by atomic mass is 16.6. The number of nitrogens with zero attached hydrogens (tertiary/aromatic N) is 3. The lowest BCUT2D eigenvalue weighted by Gasteiger charge is -2.18. The predicted molar refractivity (Wildman–Crippen MR) is 240 cm³/mol. The van der Waals surface area contributed by atoms with Gasteiger partial charge in [-0.3, -0.25) is 9.59 Å². The van der Waals surface area contributed by atoms with Gasteiger partial charge in [0, 0.05) is 44.7 Å². The summed E-state index contributed by atoms with van der Waals surface area (Å²) in [6, 6.07) is 37.6. The maximum atomic E-state index is 12.6. The number of benzene rings is 4. The number of esters is 1. The third-order valence-corrected chi connectivity index (χ3v) is 10.9. The second kappa shape index (κ2) is 23.1. The maximum absolute atomic E-state index is 12.6. The SMILES string of the molecule is CC(C)COC(=O)N1C[C@H](CC(=O)O)[C@H](c2cccc(OCCC3N=C(Cc4ccccc4)OC3C)c2)C1.Cc1oc(Cc2ccccc2)nc1CCOC(=O)Cc1ccccc1. The molecule has 2 aliphatic heterocycles. The Morgan fingerprint density at radius 1 is 0.825 bits per heavy atom. The molecule has 12 nitrogen and oxygen atoms in total. The van der Waals surface area contributed by atoms with Crippen molar-refractivity contribution >= 4 is 23.9 Å². The van der Waals surface area contributed by atoms with E-state index in [1.54, 1.807) is 4.90 Å². The van der Waals surface area contributed by atoms with Gasteiger partial charge in [0.15, 0.2) is 11.8 Å². The molecule has 332 valence electrons. The predicted octanol–water partition coefficient (Wildman–Crippen LogP) is 9.07. The number of aromatic nitrogens is 1. The van der Waals surface area contributed by atoms with E-state index >= 15 is 0 Å². The second-order valence-electron chi connectivity index (χ2n) is 16.5. The topological polar surface area (TPSA) is 150 Å². The number of aliphatic carboxylic acids is 1. The van der Waals surface area contributed by atoms with Crippen LogP contribution in [-0.4, -0.2) is 84.0 Å². The van der Waals surface area contributed by atoms with E-state index in [4.69, 9.17) is 28.4 Å². The van der Waals surface area contributed by atoms with E-state index in [9.17, 15) is 19.5 Å². The minimum atomic E-state index is -0.870. The Morgan fingerprint density at radius 2 is 1.49 bits per heavy atom. The monoisotopic (exact) mass is 857 g/mol. The molecule has 4 atom stereocenters. The fraction of sp³-hybridized carbons (Fsp3) is 0.392. The first-order chi connectivity index (χ1) is 30.5. The van der Waals surface area contributed by atoms with Gasteiger partial charge in [-0.2, -0.15) is 0 Å². The van der Waals surface area contributed by atoms with E-state index in [0.717, 1.165) is 46.2 Å². The summed E-state index contributed by atoms with van der Waals surface area (Å²) < 4.78 is 28.5. The van der Waals surface area contributed by atoms with Crippen LogP contribution in [0.4, 0.5) is 4.79 Å². The number of hydrogen-bond donors (Lipinski definition) is 1. The van der Waals surface area contributed by atoms with Crippen LogP contribution in [0, 0.1) is 18.8 Å². The van der Waals surface area contributed by atoms with Crippen molar-refractivity contribution in [2.45, 2.75) is 84.3 Å². The van der Waals surface area contributed by atoms with Gasteiger partial charge < -0.3 is 33.4 Å². The first-order valence-corrected chi connectivity index (χ1v) is 21.8. The second-order valence-corrected chi connectivity index (χ2v) is 16.5. The van der Waals surface area contributed by atoms with Crippen LogP contribution in [0.2, 0.25) is 0 Å². The minimum Gasteiger partial charge on any atom is -0.494 e. The van der Waals surface area contributed by atoms with Gasteiger partial charge in [0.25, 0.3) is 0 Å². The van der Waals surface area contributed by atoms with Crippen molar-refractivity contribution in [2.24, 2.45) is 16.8 Å². The molecule has 0 aliphatic carbocycles. The number of carboxylic acid groups (broad SMARTS) is 1.